The number of H-pyrrole nitrogens is 1. The van der Waals surface area contributed by atoms with E-state index in [4.69, 9.17) is 0 Å². The molecule has 2 aliphatic carbocycles. The van der Waals surface area contributed by atoms with Crippen LogP contribution in [0.5, 0.6) is 0 Å². The van der Waals surface area contributed by atoms with Gasteiger partial charge in [0, 0.05) is 12.1 Å². The van der Waals surface area contributed by atoms with Crippen LogP contribution in [0.4, 0.5) is 0 Å². The van der Waals surface area contributed by atoms with E-state index in [-0.39, 0.29) is 22.3 Å². The molecule has 2 aromatic rings. The Bertz CT molecular complexity index is 914. The third kappa shape index (κ3) is 2.06. The number of nitrogens with zero attached hydrogens (tertiary/aromatic N) is 2. The van der Waals surface area contributed by atoms with Gasteiger partial charge in [-0.3, -0.25) is 9.59 Å². The summed E-state index contributed by atoms with van der Waals surface area (Å²) in [6.45, 7) is 1.05. The third-order valence-electron chi connectivity index (χ3n) is 6.87. The predicted octanol–water partition coefficient (Wildman–Crippen LogP) is 2.56. The van der Waals surface area contributed by atoms with E-state index in [1.807, 2.05) is 23.1 Å². The number of amides is 1. The van der Waals surface area contributed by atoms with Crippen molar-refractivity contribution in [2.24, 2.45) is 5.41 Å². The molecule has 5 nitrogen and oxygen atoms in total. The topological polar surface area (TPSA) is 66.1 Å². The molecule has 1 atom stereocenters. The van der Waals surface area contributed by atoms with Crippen molar-refractivity contribution >= 4 is 5.91 Å². The molecular weight excluding hydrogens is 326 g/mol. The monoisotopic (exact) mass is 349 g/mol. The average molecular weight is 349 g/mol. The van der Waals surface area contributed by atoms with Crippen LogP contribution in [0.2, 0.25) is 0 Å². The van der Waals surface area contributed by atoms with Crippen molar-refractivity contribution in [2.75, 3.05) is 6.54 Å². The summed E-state index contributed by atoms with van der Waals surface area (Å²) in [7, 11) is 0. The van der Waals surface area contributed by atoms with Crippen molar-refractivity contribution in [3.8, 4) is 0 Å². The van der Waals surface area contributed by atoms with Gasteiger partial charge in [-0.25, -0.2) is 4.98 Å². The van der Waals surface area contributed by atoms with Gasteiger partial charge >= 0.3 is 0 Å². The van der Waals surface area contributed by atoms with Crippen molar-refractivity contribution in [2.45, 2.75) is 50.5 Å². The Hall–Kier alpha value is -2.43. The van der Waals surface area contributed by atoms with Crippen LogP contribution in [0.25, 0.3) is 0 Å². The number of aromatic amines is 1. The normalized spacial score (nSPS) is 25.9. The fourth-order valence-electron chi connectivity index (χ4n) is 5.48. The van der Waals surface area contributed by atoms with Crippen LogP contribution >= 0.6 is 0 Å². The molecule has 5 heteroatoms. The summed E-state index contributed by atoms with van der Waals surface area (Å²) < 4.78 is 0. The van der Waals surface area contributed by atoms with Crippen LogP contribution in [0.3, 0.4) is 0 Å². The molecule has 26 heavy (non-hydrogen) atoms. The Morgan fingerprint density at radius 3 is 2.69 bits per heavy atom. The lowest BCUT2D eigenvalue weighted by Gasteiger charge is -2.33. The summed E-state index contributed by atoms with van der Waals surface area (Å²) >= 11 is 0. The maximum Gasteiger partial charge on any atom is 0.254 e. The first kappa shape index (κ1) is 15.8. The van der Waals surface area contributed by atoms with Gasteiger partial charge in [0.25, 0.3) is 5.56 Å². The molecule has 0 saturated heterocycles. The molecule has 1 unspecified atom stereocenters. The second kappa shape index (κ2) is 5.53. The van der Waals surface area contributed by atoms with Crippen LogP contribution in [0.15, 0.2) is 41.5 Å². The summed E-state index contributed by atoms with van der Waals surface area (Å²) in [5, 5.41) is 0. The zero-order valence-electron chi connectivity index (χ0n) is 14.8. The Balaban J connectivity index is 1.51. The quantitative estimate of drug-likeness (QED) is 0.906. The van der Waals surface area contributed by atoms with E-state index in [2.05, 4.69) is 22.1 Å². The zero-order valence-corrected chi connectivity index (χ0v) is 14.8. The van der Waals surface area contributed by atoms with E-state index in [1.165, 1.54) is 19.2 Å². The lowest BCUT2D eigenvalue weighted by atomic mass is 9.83. The van der Waals surface area contributed by atoms with E-state index < -0.39 is 0 Å². The van der Waals surface area contributed by atoms with Gasteiger partial charge in [-0.2, -0.15) is 0 Å². The van der Waals surface area contributed by atoms with Crippen LogP contribution in [-0.2, 0) is 23.2 Å². The lowest BCUT2D eigenvalue weighted by molar-refractivity contribution is -0.136. The number of fused-ring (bicyclic) bond motifs is 1. The highest BCUT2D eigenvalue weighted by atomic mass is 16.2. The molecule has 2 heterocycles. The van der Waals surface area contributed by atoms with Crippen molar-refractivity contribution in [3.05, 3.63) is 63.8 Å². The summed E-state index contributed by atoms with van der Waals surface area (Å²) in [6.07, 6.45) is 7.74. The number of benzene rings is 1. The molecule has 2 fully saturated rings. The second-order valence-electron chi connectivity index (χ2n) is 8.07. The van der Waals surface area contributed by atoms with E-state index >= 15 is 0 Å². The van der Waals surface area contributed by atoms with Gasteiger partial charge in [-0.1, -0.05) is 43.2 Å². The number of carbonyl (C=O) groups is 1. The molecule has 1 spiro atoms. The Labute approximate surface area is 152 Å². The van der Waals surface area contributed by atoms with Crippen LogP contribution in [-0.4, -0.2) is 27.3 Å². The van der Waals surface area contributed by atoms with Gasteiger partial charge in [0.05, 0.1) is 24.0 Å². The van der Waals surface area contributed by atoms with E-state index in [1.54, 1.807) is 0 Å². The zero-order chi connectivity index (χ0) is 17.8. The molecule has 1 amide bonds. The number of rotatable bonds is 2. The first-order valence-corrected chi connectivity index (χ1v) is 9.57. The number of nitrogens with one attached hydrogen (secondary N) is 1. The van der Waals surface area contributed by atoms with E-state index in [0.29, 0.717) is 19.5 Å². The van der Waals surface area contributed by atoms with Crippen LogP contribution in [0, 0.1) is 5.41 Å². The highest BCUT2D eigenvalue weighted by molar-refractivity contribution is 5.93. The highest BCUT2D eigenvalue weighted by Crippen LogP contribution is 2.72. The summed E-state index contributed by atoms with van der Waals surface area (Å²) in [4.78, 5) is 34.6. The van der Waals surface area contributed by atoms with Crippen molar-refractivity contribution < 1.29 is 4.79 Å². The van der Waals surface area contributed by atoms with Gasteiger partial charge in [-0.05, 0) is 36.7 Å². The molecule has 1 aromatic heterocycles. The third-order valence-corrected chi connectivity index (χ3v) is 6.87. The SMILES string of the molecule is O=C(N1CCc2c(nc[nH]c2=O)C1)C1(c2ccccc2)CC12CCCC2. The number of hydrogen-bond donors (Lipinski definition) is 1. The summed E-state index contributed by atoms with van der Waals surface area (Å²) in [6, 6.07) is 10.3. The fraction of sp³-hybridized carbons (Fsp3) is 0.476. The molecule has 0 radical (unpaired) electrons. The first-order chi connectivity index (χ1) is 12.7. The largest absolute Gasteiger partial charge is 0.336 e. The molecule has 5 rings (SSSR count). The molecule has 0 bridgehead atoms. The van der Waals surface area contributed by atoms with E-state index in [9.17, 15) is 9.59 Å². The van der Waals surface area contributed by atoms with Gasteiger partial charge < -0.3 is 9.88 Å². The Morgan fingerprint density at radius 2 is 1.92 bits per heavy atom. The summed E-state index contributed by atoms with van der Waals surface area (Å²) in [5.41, 5.74) is 2.35. The molecule has 3 aliphatic rings. The molecular formula is C21H23N3O2. The molecule has 2 saturated carbocycles. The lowest BCUT2D eigenvalue weighted by Crippen LogP contribution is -2.45. The minimum atomic E-state index is -0.372. The standard InChI is InChI=1S/C21H23N3O2/c25-18-16-8-11-24(12-17(16)22-14-23-18)19(26)21(15-6-2-1-3-7-15)13-20(21)9-4-5-10-20/h1-3,6-7,14H,4-5,8-13H2,(H,22,23,25). The number of carbonyl (C=O) groups excluding carboxylic acids is 1. The number of aromatic nitrogens is 2. The molecule has 1 N–H and O–H groups in total. The van der Waals surface area contributed by atoms with Crippen molar-refractivity contribution in [3.63, 3.8) is 0 Å². The highest BCUT2D eigenvalue weighted by Gasteiger charge is 2.73. The maximum atomic E-state index is 13.8. The fourth-order valence-corrected chi connectivity index (χ4v) is 5.48. The Morgan fingerprint density at radius 1 is 1.15 bits per heavy atom. The first-order valence-electron chi connectivity index (χ1n) is 9.57. The minimum absolute atomic E-state index is 0.0708. The molecule has 134 valence electrons. The average Bonchev–Trinajstić information content (AvgIpc) is 3.08. The Kier molecular flexibility index (Phi) is 3.36. The maximum absolute atomic E-state index is 13.8. The predicted molar refractivity (Wildman–Crippen MR) is 97.6 cm³/mol. The second-order valence-corrected chi connectivity index (χ2v) is 8.07. The minimum Gasteiger partial charge on any atom is -0.336 e. The van der Waals surface area contributed by atoms with Crippen LogP contribution < -0.4 is 5.56 Å². The number of hydrogen-bond acceptors (Lipinski definition) is 3. The van der Waals surface area contributed by atoms with Gasteiger partial charge in [0.2, 0.25) is 5.91 Å². The molecule has 1 aliphatic heterocycles. The van der Waals surface area contributed by atoms with Gasteiger partial charge in [0.1, 0.15) is 0 Å². The van der Waals surface area contributed by atoms with Gasteiger partial charge in [-0.15, -0.1) is 0 Å². The summed E-state index contributed by atoms with van der Waals surface area (Å²) in [5.74, 6) is 0.235. The van der Waals surface area contributed by atoms with E-state index in [0.717, 1.165) is 36.1 Å². The van der Waals surface area contributed by atoms with Crippen LogP contribution in [0.1, 0.15) is 48.9 Å². The van der Waals surface area contributed by atoms with Gasteiger partial charge in [0.15, 0.2) is 0 Å². The van der Waals surface area contributed by atoms with Crippen molar-refractivity contribution in [1.29, 1.82) is 0 Å². The molecule has 1 aromatic carbocycles. The van der Waals surface area contributed by atoms with Crippen molar-refractivity contribution in [1.82, 2.24) is 14.9 Å². The smallest absolute Gasteiger partial charge is 0.254 e.